The molecule has 3 heterocycles. The molecule has 1 aliphatic heterocycles. The maximum Gasteiger partial charge on any atom is 0.255 e. The first-order valence-electron chi connectivity index (χ1n) is 8.84. The minimum atomic E-state index is -0.0454. The summed E-state index contributed by atoms with van der Waals surface area (Å²) in [5, 5.41) is 7.68. The van der Waals surface area contributed by atoms with Crippen molar-refractivity contribution in [2.45, 2.75) is 51.1 Å². The third-order valence-electron chi connectivity index (χ3n) is 5.22. The van der Waals surface area contributed by atoms with E-state index in [2.05, 4.69) is 10.4 Å². The van der Waals surface area contributed by atoms with Gasteiger partial charge in [0.2, 0.25) is 0 Å². The van der Waals surface area contributed by atoms with Crippen LogP contribution < -0.4 is 5.32 Å². The molecule has 0 saturated carbocycles. The normalized spacial score (nSPS) is 21.1. The molecule has 1 aliphatic carbocycles. The molecule has 1 saturated heterocycles. The predicted molar refractivity (Wildman–Crippen MR) is 98.5 cm³/mol. The number of nitrogens with one attached hydrogen (secondary N) is 1. The Morgan fingerprint density at radius 2 is 2.20 bits per heavy atom. The summed E-state index contributed by atoms with van der Waals surface area (Å²) in [5.74, 6) is -0.0454. The summed E-state index contributed by atoms with van der Waals surface area (Å²) >= 11 is 7.80. The fourth-order valence-electron chi connectivity index (χ4n) is 3.85. The Bertz CT molecular complexity index is 779. The second-order valence-corrected chi connectivity index (χ2v) is 8.55. The van der Waals surface area contributed by atoms with Crippen molar-refractivity contribution in [3.05, 3.63) is 38.3 Å². The summed E-state index contributed by atoms with van der Waals surface area (Å²) in [5.41, 5.74) is 2.78. The monoisotopic (exact) mass is 379 g/mol. The zero-order chi connectivity index (χ0) is 17.4. The van der Waals surface area contributed by atoms with Crippen LogP contribution in [0.3, 0.4) is 0 Å². The molecule has 134 valence electrons. The van der Waals surface area contributed by atoms with Gasteiger partial charge in [-0.2, -0.15) is 5.10 Å². The standard InChI is InChI=1S/C18H22ClN3O2S/c1-11-14(10-20-22(11)12-5-7-24-8-6-12)18(23)21-15-3-2-4-16-13(15)9-17(19)25-16/h9-10,12,15H,2-8H2,1H3,(H,21,23). The minimum Gasteiger partial charge on any atom is -0.381 e. The van der Waals surface area contributed by atoms with Crippen molar-refractivity contribution in [3.8, 4) is 0 Å². The van der Waals surface area contributed by atoms with E-state index in [0.717, 1.165) is 55.3 Å². The van der Waals surface area contributed by atoms with Crippen LogP contribution in [0.1, 0.15) is 64.3 Å². The first-order valence-corrected chi connectivity index (χ1v) is 10.0. The van der Waals surface area contributed by atoms with Gasteiger partial charge in [-0.1, -0.05) is 11.6 Å². The van der Waals surface area contributed by atoms with Gasteiger partial charge in [-0.05, 0) is 50.7 Å². The van der Waals surface area contributed by atoms with Gasteiger partial charge in [0.25, 0.3) is 5.91 Å². The number of amides is 1. The summed E-state index contributed by atoms with van der Waals surface area (Å²) in [6.07, 6.45) is 6.68. The van der Waals surface area contributed by atoms with E-state index >= 15 is 0 Å². The van der Waals surface area contributed by atoms with E-state index in [4.69, 9.17) is 16.3 Å². The van der Waals surface area contributed by atoms with Gasteiger partial charge in [-0.15, -0.1) is 11.3 Å². The molecule has 5 nitrogen and oxygen atoms in total. The van der Waals surface area contributed by atoms with Crippen molar-refractivity contribution < 1.29 is 9.53 Å². The second kappa shape index (κ2) is 7.09. The molecule has 1 amide bonds. The van der Waals surface area contributed by atoms with Gasteiger partial charge in [0, 0.05) is 23.8 Å². The molecule has 2 aromatic rings. The number of rotatable bonds is 3. The Labute approximate surface area is 156 Å². The molecule has 0 bridgehead atoms. The van der Waals surface area contributed by atoms with Crippen LogP contribution in [0.4, 0.5) is 0 Å². The fourth-order valence-corrected chi connectivity index (χ4v) is 5.24. The average Bonchev–Trinajstić information content (AvgIpc) is 3.18. The maximum absolute atomic E-state index is 12.8. The highest BCUT2D eigenvalue weighted by Crippen LogP contribution is 2.38. The molecule has 0 spiro atoms. The second-order valence-electron chi connectivity index (χ2n) is 6.78. The van der Waals surface area contributed by atoms with Crippen molar-refractivity contribution in [1.82, 2.24) is 15.1 Å². The molecule has 1 unspecified atom stereocenters. The highest BCUT2D eigenvalue weighted by molar-refractivity contribution is 7.16. The molecule has 1 atom stereocenters. The van der Waals surface area contributed by atoms with E-state index in [9.17, 15) is 4.79 Å². The van der Waals surface area contributed by atoms with Gasteiger partial charge < -0.3 is 10.1 Å². The van der Waals surface area contributed by atoms with Gasteiger partial charge in [0.15, 0.2) is 0 Å². The number of aryl methyl sites for hydroxylation is 1. The lowest BCUT2D eigenvalue weighted by molar-refractivity contribution is 0.0656. The molecular weight excluding hydrogens is 358 g/mol. The summed E-state index contributed by atoms with van der Waals surface area (Å²) in [4.78, 5) is 14.1. The Morgan fingerprint density at radius 3 is 3.00 bits per heavy atom. The van der Waals surface area contributed by atoms with Gasteiger partial charge in [-0.25, -0.2) is 0 Å². The smallest absolute Gasteiger partial charge is 0.255 e. The number of hydrogen-bond acceptors (Lipinski definition) is 4. The number of ether oxygens (including phenoxy) is 1. The quantitative estimate of drug-likeness (QED) is 0.874. The number of fused-ring (bicyclic) bond motifs is 1. The van der Waals surface area contributed by atoms with E-state index in [1.165, 1.54) is 10.4 Å². The van der Waals surface area contributed by atoms with Crippen LogP contribution in [0.15, 0.2) is 12.3 Å². The molecular formula is C18H22ClN3O2S. The van der Waals surface area contributed by atoms with Gasteiger partial charge in [-0.3, -0.25) is 9.48 Å². The first-order chi connectivity index (χ1) is 12.1. The lowest BCUT2D eigenvalue weighted by atomic mass is 9.94. The van der Waals surface area contributed by atoms with Crippen molar-refractivity contribution in [3.63, 3.8) is 0 Å². The number of carbonyl (C=O) groups is 1. The van der Waals surface area contributed by atoms with Crippen molar-refractivity contribution >= 4 is 28.8 Å². The Balaban J connectivity index is 1.51. The Morgan fingerprint density at radius 1 is 1.40 bits per heavy atom. The van der Waals surface area contributed by atoms with E-state index in [1.807, 2.05) is 17.7 Å². The summed E-state index contributed by atoms with van der Waals surface area (Å²) in [6.45, 7) is 3.50. The van der Waals surface area contributed by atoms with E-state index in [0.29, 0.717) is 11.6 Å². The first kappa shape index (κ1) is 17.1. The van der Waals surface area contributed by atoms with Crippen molar-refractivity contribution in [2.75, 3.05) is 13.2 Å². The predicted octanol–water partition coefficient (Wildman–Crippen LogP) is 4.07. The average molecular weight is 380 g/mol. The van der Waals surface area contributed by atoms with E-state index in [1.54, 1.807) is 17.5 Å². The maximum atomic E-state index is 12.8. The number of halogens is 1. The van der Waals surface area contributed by atoms with Gasteiger partial charge in [0.05, 0.1) is 28.2 Å². The third-order valence-corrected chi connectivity index (χ3v) is 6.55. The van der Waals surface area contributed by atoms with Crippen molar-refractivity contribution in [2.24, 2.45) is 0 Å². The van der Waals surface area contributed by atoms with Gasteiger partial charge in [0.1, 0.15) is 0 Å². The van der Waals surface area contributed by atoms with Crippen LogP contribution in [0.2, 0.25) is 4.34 Å². The molecule has 0 radical (unpaired) electrons. The van der Waals surface area contributed by atoms with Crippen LogP contribution in [0.5, 0.6) is 0 Å². The van der Waals surface area contributed by atoms with Crippen LogP contribution in [-0.2, 0) is 11.2 Å². The summed E-state index contributed by atoms with van der Waals surface area (Å²) < 4.78 is 8.21. The number of thiophene rings is 1. The molecule has 0 aromatic carbocycles. The number of carbonyl (C=O) groups excluding carboxylic acids is 1. The SMILES string of the molecule is Cc1c(C(=O)NC2CCCc3sc(Cl)cc32)cnn1C1CCOCC1. The summed E-state index contributed by atoms with van der Waals surface area (Å²) in [7, 11) is 0. The van der Waals surface area contributed by atoms with Crippen LogP contribution in [-0.4, -0.2) is 28.9 Å². The molecule has 2 aliphatic rings. The van der Waals surface area contributed by atoms with Crippen LogP contribution >= 0.6 is 22.9 Å². The van der Waals surface area contributed by atoms with E-state index in [-0.39, 0.29) is 11.9 Å². The minimum absolute atomic E-state index is 0.0454. The Hall–Kier alpha value is -1.37. The van der Waals surface area contributed by atoms with Crippen molar-refractivity contribution in [1.29, 1.82) is 0 Å². The molecule has 1 fully saturated rings. The molecule has 7 heteroatoms. The highest BCUT2D eigenvalue weighted by Gasteiger charge is 2.27. The van der Waals surface area contributed by atoms with Crippen LogP contribution in [0, 0.1) is 6.92 Å². The largest absolute Gasteiger partial charge is 0.381 e. The number of aromatic nitrogens is 2. The molecule has 2 aromatic heterocycles. The van der Waals surface area contributed by atoms with E-state index < -0.39 is 0 Å². The number of hydrogen-bond donors (Lipinski definition) is 1. The van der Waals surface area contributed by atoms with Gasteiger partial charge >= 0.3 is 0 Å². The van der Waals surface area contributed by atoms with Crippen LogP contribution in [0.25, 0.3) is 0 Å². The molecule has 4 rings (SSSR count). The fraction of sp³-hybridized carbons (Fsp3) is 0.556. The summed E-state index contributed by atoms with van der Waals surface area (Å²) in [6, 6.07) is 2.38. The number of nitrogens with zero attached hydrogens (tertiary/aromatic N) is 2. The topological polar surface area (TPSA) is 56.2 Å². The third kappa shape index (κ3) is 3.35. The Kier molecular flexibility index (Phi) is 4.84. The lowest BCUT2D eigenvalue weighted by Crippen LogP contribution is -2.31. The highest BCUT2D eigenvalue weighted by atomic mass is 35.5. The molecule has 1 N–H and O–H groups in total. The zero-order valence-electron chi connectivity index (χ0n) is 14.3. The lowest BCUT2D eigenvalue weighted by Gasteiger charge is -2.24. The zero-order valence-corrected chi connectivity index (χ0v) is 15.8. The molecule has 25 heavy (non-hydrogen) atoms.